The molecule has 0 amide bonds. The number of nitro groups is 1. The summed E-state index contributed by atoms with van der Waals surface area (Å²) in [5.74, 6) is 0.656. The number of nitrogens with zero attached hydrogens (tertiary/aromatic N) is 3. The van der Waals surface area contributed by atoms with Crippen LogP contribution in [0.4, 0.5) is 11.5 Å². The van der Waals surface area contributed by atoms with E-state index in [1.807, 2.05) is 0 Å². The fraction of sp³-hybridized carbons (Fsp3) is 0.615. The van der Waals surface area contributed by atoms with Gasteiger partial charge in [-0.05, 0) is 42.9 Å². The molecular formula is C13H19BrN4O2. The van der Waals surface area contributed by atoms with E-state index in [1.165, 1.54) is 25.1 Å². The molecule has 0 spiro atoms. The Balaban J connectivity index is 2.09. The van der Waals surface area contributed by atoms with E-state index in [-0.39, 0.29) is 11.2 Å². The Morgan fingerprint density at radius 1 is 1.50 bits per heavy atom. The molecule has 1 aliphatic carbocycles. The molecule has 1 fully saturated rings. The number of aromatic nitrogens is 1. The van der Waals surface area contributed by atoms with Gasteiger partial charge in [-0.25, -0.2) is 4.98 Å². The average Bonchev–Trinajstić information content (AvgIpc) is 2.87. The van der Waals surface area contributed by atoms with Gasteiger partial charge in [0, 0.05) is 18.2 Å². The second-order valence-corrected chi connectivity index (χ2v) is 6.31. The molecule has 1 aromatic heterocycles. The summed E-state index contributed by atoms with van der Waals surface area (Å²) in [5.41, 5.74) is 0.147. The average molecular weight is 343 g/mol. The van der Waals surface area contributed by atoms with Gasteiger partial charge in [-0.3, -0.25) is 10.1 Å². The first kappa shape index (κ1) is 15.2. The predicted octanol–water partition coefficient (Wildman–Crippen LogP) is 3.04. The summed E-state index contributed by atoms with van der Waals surface area (Å²) in [6.07, 6.45) is 6.10. The van der Waals surface area contributed by atoms with Crippen molar-refractivity contribution in [3.63, 3.8) is 0 Å². The van der Waals surface area contributed by atoms with Crippen LogP contribution in [0.2, 0.25) is 0 Å². The van der Waals surface area contributed by atoms with Crippen molar-refractivity contribution in [2.75, 3.05) is 26.0 Å². The molecule has 0 radical (unpaired) electrons. The van der Waals surface area contributed by atoms with E-state index in [4.69, 9.17) is 0 Å². The highest BCUT2D eigenvalue weighted by molar-refractivity contribution is 9.10. The molecule has 0 unspecified atom stereocenters. The van der Waals surface area contributed by atoms with Crippen LogP contribution in [-0.4, -0.2) is 41.0 Å². The highest BCUT2D eigenvalue weighted by atomic mass is 79.9. The Labute approximate surface area is 126 Å². The maximum Gasteiger partial charge on any atom is 0.288 e. The topological polar surface area (TPSA) is 71.3 Å². The lowest BCUT2D eigenvalue weighted by Crippen LogP contribution is -2.47. The predicted molar refractivity (Wildman–Crippen MR) is 82.0 cm³/mol. The van der Waals surface area contributed by atoms with E-state index in [2.05, 4.69) is 45.2 Å². The number of hydrogen-bond acceptors (Lipinski definition) is 5. The second-order valence-electron chi connectivity index (χ2n) is 5.46. The van der Waals surface area contributed by atoms with Gasteiger partial charge in [0.05, 0.1) is 9.40 Å². The molecule has 1 heterocycles. The molecule has 1 saturated carbocycles. The number of hydrogen-bond donors (Lipinski definition) is 1. The van der Waals surface area contributed by atoms with Gasteiger partial charge in [-0.15, -0.1) is 0 Å². The molecule has 0 aliphatic heterocycles. The lowest BCUT2D eigenvalue weighted by atomic mass is 9.96. The standard InChI is InChI=1S/C13H19BrN4O2/c1-17(2)13(5-3-4-6-13)9-16-12-11(14)7-10(8-15-12)18(19)20/h7-8H,3-6,9H2,1-2H3,(H,15,16). The molecule has 0 aromatic carbocycles. The van der Waals surface area contributed by atoms with E-state index in [9.17, 15) is 10.1 Å². The molecular weight excluding hydrogens is 324 g/mol. The molecule has 2 rings (SSSR count). The lowest BCUT2D eigenvalue weighted by Gasteiger charge is -2.36. The van der Waals surface area contributed by atoms with E-state index in [0.717, 1.165) is 19.4 Å². The lowest BCUT2D eigenvalue weighted by molar-refractivity contribution is -0.385. The van der Waals surface area contributed by atoms with Crippen molar-refractivity contribution in [1.82, 2.24) is 9.88 Å². The van der Waals surface area contributed by atoms with Crippen LogP contribution in [0.15, 0.2) is 16.7 Å². The third-order valence-electron chi connectivity index (χ3n) is 4.11. The summed E-state index contributed by atoms with van der Waals surface area (Å²) in [6.45, 7) is 0.795. The van der Waals surface area contributed by atoms with Gasteiger partial charge in [-0.1, -0.05) is 12.8 Å². The summed E-state index contributed by atoms with van der Waals surface area (Å²) < 4.78 is 0.624. The van der Waals surface area contributed by atoms with Gasteiger partial charge in [0.1, 0.15) is 12.0 Å². The Bertz CT molecular complexity index is 501. The maximum absolute atomic E-state index is 10.7. The van der Waals surface area contributed by atoms with Gasteiger partial charge in [0.2, 0.25) is 0 Å². The summed E-state index contributed by atoms with van der Waals surface area (Å²) >= 11 is 3.34. The van der Waals surface area contributed by atoms with Crippen LogP contribution in [0, 0.1) is 10.1 Å². The van der Waals surface area contributed by atoms with Crippen molar-refractivity contribution in [3.05, 3.63) is 26.9 Å². The van der Waals surface area contributed by atoms with Crippen molar-refractivity contribution >= 4 is 27.4 Å². The van der Waals surface area contributed by atoms with Gasteiger partial charge >= 0.3 is 0 Å². The number of rotatable bonds is 5. The minimum Gasteiger partial charge on any atom is -0.367 e. The van der Waals surface area contributed by atoms with Crippen LogP contribution in [0.25, 0.3) is 0 Å². The Kier molecular flexibility index (Phi) is 4.59. The first-order valence-corrected chi connectivity index (χ1v) is 7.45. The molecule has 1 aliphatic rings. The smallest absolute Gasteiger partial charge is 0.288 e. The molecule has 6 nitrogen and oxygen atoms in total. The molecule has 1 N–H and O–H groups in total. The van der Waals surface area contributed by atoms with E-state index in [1.54, 1.807) is 0 Å². The summed E-state index contributed by atoms with van der Waals surface area (Å²) in [4.78, 5) is 16.6. The zero-order valence-corrected chi connectivity index (χ0v) is 13.3. The van der Waals surface area contributed by atoms with Crippen molar-refractivity contribution in [2.45, 2.75) is 31.2 Å². The van der Waals surface area contributed by atoms with E-state index in [0.29, 0.717) is 10.3 Å². The second kappa shape index (κ2) is 6.05. The maximum atomic E-state index is 10.7. The molecule has 0 saturated heterocycles. The third-order valence-corrected chi connectivity index (χ3v) is 4.71. The number of halogens is 1. The van der Waals surface area contributed by atoms with Crippen LogP contribution in [0.3, 0.4) is 0 Å². The Morgan fingerprint density at radius 2 is 2.15 bits per heavy atom. The minimum atomic E-state index is -0.445. The number of anilines is 1. The summed E-state index contributed by atoms with van der Waals surface area (Å²) in [6, 6.07) is 1.48. The normalized spacial score (nSPS) is 17.4. The number of likely N-dealkylation sites (N-methyl/N-ethyl adjacent to an activating group) is 1. The fourth-order valence-electron chi connectivity index (χ4n) is 2.72. The molecule has 0 bridgehead atoms. The zero-order chi connectivity index (χ0) is 14.8. The van der Waals surface area contributed by atoms with Gasteiger partial charge in [0.15, 0.2) is 0 Å². The summed E-state index contributed by atoms with van der Waals surface area (Å²) in [5, 5.41) is 14.0. The Hall–Kier alpha value is -1.21. The van der Waals surface area contributed by atoms with Gasteiger partial charge < -0.3 is 10.2 Å². The highest BCUT2D eigenvalue weighted by Gasteiger charge is 2.35. The first-order chi connectivity index (χ1) is 9.44. The Morgan fingerprint density at radius 3 is 2.65 bits per heavy atom. The van der Waals surface area contributed by atoms with Crippen LogP contribution in [0.1, 0.15) is 25.7 Å². The van der Waals surface area contributed by atoms with E-state index < -0.39 is 4.92 Å². The molecule has 7 heteroatoms. The van der Waals surface area contributed by atoms with Crippen molar-refractivity contribution < 1.29 is 4.92 Å². The molecule has 20 heavy (non-hydrogen) atoms. The minimum absolute atomic E-state index is 0.00869. The molecule has 0 atom stereocenters. The fourth-order valence-corrected chi connectivity index (χ4v) is 3.20. The van der Waals surface area contributed by atoms with Gasteiger partial charge in [0.25, 0.3) is 5.69 Å². The largest absolute Gasteiger partial charge is 0.367 e. The van der Waals surface area contributed by atoms with Crippen molar-refractivity contribution in [3.8, 4) is 0 Å². The number of pyridine rings is 1. The third kappa shape index (κ3) is 3.09. The monoisotopic (exact) mass is 342 g/mol. The quantitative estimate of drug-likeness (QED) is 0.657. The van der Waals surface area contributed by atoms with Crippen LogP contribution in [-0.2, 0) is 0 Å². The first-order valence-electron chi connectivity index (χ1n) is 6.66. The van der Waals surface area contributed by atoms with Crippen molar-refractivity contribution in [1.29, 1.82) is 0 Å². The number of nitrogens with one attached hydrogen (secondary N) is 1. The summed E-state index contributed by atoms with van der Waals surface area (Å²) in [7, 11) is 4.20. The zero-order valence-electron chi connectivity index (χ0n) is 11.7. The van der Waals surface area contributed by atoms with Crippen molar-refractivity contribution in [2.24, 2.45) is 0 Å². The SMILES string of the molecule is CN(C)C1(CNc2ncc([N+](=O)[O-])cc2Br)CCCC1. The van der Waals surface area contributed by atoms with E-state index >= 15 is 0 Å². The van der Waals surface area contributed by atoms with Crippen LogP contribution < -0.4 is 5.32 Å². The highest BCUT2D eigenvalue weighted by Crippen LogP contribution is 2.34. The van der Waals surface area contributed by atoms with Crippen LogP contribution >= 0.6 is 15.9 Å². The molecule has 1 aromatic rings. The molecule has 110 valence electrons. The van der Waals surface area contributed by atoms with Gasteiger partial charge in [-0.2, -0.15) is 0 Å². The van der Waals surface area contributed by atoms with Crippen LogP contribution in [0.5, 0.6) is 0 Å².